The molecule has 0 unspecified atom stereocenters. The number of hydrogen-bond acceptors (Lipinski definition) is 2. The standard InChI is InChI=1S/C21H23ClN2O2/c22-18-13-7-6-12-17(18)21(26)24-19(15-8-2-1-3-9-15)14-20(25)23-16-10-4-5-11-16/h1-3,6-9,12-13,16,19H,4-5,10-11,14H2,(H,23,25)(H,24,26)/t19-/m1/s1. The molecule has 26 heavy (non-hydrogen) atoms. The van der Waals surface area contributed by atoms with Crippen molar-refractivity contribution in [2.45, 2.75) is 44.2 Å². The number of hydrogen-bond donors (Lipinski definition) is 2. The molecule has 2 amide bonds. The van der Waals surface area contributed by atoms with E-state index in [1.54, 1.807) is 24.3 Å². The molecule has 136 valence electrons. The van der Waals surface area contributed by atoms with Gasteiger partial charge in [-0.3, -0.25) is 9.59 Å². The Morgan fingerprint density at radius 2 is 1.65 bits per heavy atom. The van der Waals surface area contributed by atoms with Crippen LogP contribution in [-0.2, 0) is 4.79 Å². The molecule has 2 aromatic rings. The summed E-state index contributed by atoms with van der Waals surface area (Å²) < 4.78 is 0. The molecule has 1 fully saturated rings. The second kappa shape index (κ2) is 8.86. The maximum Gasteiger partial charge on any atom is 0.253 e. The average Bonchev–Trinajstić information content (AvgIpc) is 3.15. The van der Waals surface area contributed by atoms with Crippen LogP contribution in [-0.4, -0.2) is 17.9 Å². The van der Waals surface area contributed by atoms with Crippen LogP contribution in [0.5, 0.6) is 0 Å². The molecule has 1 saturated carbocycles. The molecule has 0 radical (unpaired) electrons. The van der Waals surface area contributed by atoms with Gasteiger partial charge in [-0.25, -0.2) is 0 Å². The van der Waals surface area contributed by atoms with E-state index in [1.807, 2.05) is 30.3 Å². The van der Waals surface area contributed by atoms with Crippen LogP contribution in [0.25, 0.3) is 0 Å². The van der Waals surface area contributed by atoms with Gasteiger partial charge in [0.25, 0.3) is 5.91 Å². The van der Waals surface area contributed by atoms with Gasteiger partial charge < -0.3 is 10.6 Å². The Hall–Kier alpha value is -2.33. The lowest BCUT2D eigenvalue weighted by molar-refractivity contribution is -0.122. The zero-order chi connectivity index (χ0) is 18.4. The van der Waals surface area contributed by atoms with Gasteiger partial charge in [-0.2, -0.15) is 0 Å². The molecule has 1 atom stereocenters. The largest absolute Gasteiger partial charge is 0.353 e. The van der Waals surface area contributed by atoms with Crippen molar-refractivity contribution in [2.75, 3.05) is 0 Å². The lowest BCUT2D eigenvalue weighted by Crippen LogP contribution is -2.37. The minimum atomic E-state index is -0.402. The molecule has 0 aliphatic heterocycles. The van der Waals surface area contributed by atoms with Crippen molar-refractivity contribution in [2.24, 2.45) is 0 Å². The third-order valence-electron chi connectivity index (χ3n) is 4.74. The molecule has 5 heteroatoms. The Kier molecular flexibility index (Phi) is 6.29. The smallest absolute Gasteiger partial charge is 0.253 e. The number of carbonyl (C=O) groups excluding carboxylic acids is 2. The van der Waals surface area contributed by atoms with E-state index in [9.17, 15) is 9.59 Å². The summed E-state index contributed by atoms with van der Waals surface area (Å²) in [5, 5.41) is 6.44. The van der Waals surface area contributed by atoms with Crippen LogP contribution in [0.2, 0.25) is 5.02 Å². The van der Waals surface area contributed by atoms with Crippen molar-refractivity contribution in [1.82, 2.24) is 10.6 Å². The van der Waals surface area contributed by atoms with Gasteiger partial charge in [-0.05, 0) is 30.5 Å². The second-order valence-corrected chi connectivity index (χ2v) is 7.08. The zero-order valence-electron chi connectivity index (χ0n) is 14.6. The van der Waals surface area contributed by atoms with Gasteiger partial charge in [-0.15, -0.1) is 0 Å². The van der Waals surface area contributed by atoms with Gasteiger partial charge in [0.15, 0.2) is 0 Å². The van der Waals surface area contributed by atoms with Gasteiger partial charge >= 0.3 is 0 Å². The molecule has 2 N–H and O–H groups in total. The Labute approximate surface area is 158 Å². The fraction of sp³-hybridized carbons (Fsp3) is 0.333. The van der Waals surface area contributed by atoms with E-state index >= 15 is 0 Å². The molecular weight excluding hydrogens is 348 g/mol. The molecule has 0 saturated heterocycles. The van der Waals surface area contributed by atoms with Crippen LogP contribution >= 0.6 is 11.6 Å². The van der Waals surface area contributed by atoms with Gasteiger partial charge in [0.1, 0.15) is 0 Å². The molecule has 4 nitrogen and oxygen atoms in total. The second-order valence-electron chi connectivity index (χ2n) is 6.67. The summed E-state index contributed by atoms with van der Waals surface area (Å²) in [5.41, 5.74) is 1.31. The average molecular weight is 371 g/mol. The highest BCUT2D eigenvalue weighted by atomic mass is 35.5. The van der Waals surface area contributed by atoms with Crippen molar-refractivity contribution in [3.05, 3.63) is 70.7 Å². The lowest BCUT2D eigenvalue weighted by atomic mass is 10.0. The van der Waals surface area contributed by atoms with E-state index < -0.39 is 6.04 Å². The fourth-order valence-corrected chi connectivity index (χ4v) is 3.58. The van der Waals surface area contributed by atoms with E-state index in [1.165, 1.54) is 0 Å². The van der Waals surface area contributed by atoms with Crippen LogP contribution in [0.15, 0.2) is 54.6 Å². The third-order valence-corrected chi connectivity index (χ3v) is 5.07. The summed E-state index contributed by atoms with van der Waals surface area (Å²) in [4.78, 5) is 25.1. The van der Waals surface area contributed by atoms with E-state index in [0.717, 1.165) is 31.2 Å². The molecule has 0 heterocycles. The highest BCUT2D eigenvalue weighted by molar-refractivity contribution is 6.33. The molecule has 0 bridgehead atoms. The first-order valence-corrected chi connectivity index (χ1v) is 9.41. The Morgan fingerprint density at radius 1 is 1.00 bits per heavy atom. The zero-order valence-corrected chi connectivity index (χ0v) is 15.3. The quantitative estimate of drug-likeness (QED) is 0.798. The minimum Gasteiger partial charge on any atom is -0.353 e. The van der Waals surface area contributed by atoms with Crippen LogP contribution in [0, 0.1) is 0 Å². The van der Waals surface area contributed by atoms with E-state index in [2.05, 4.69) is 10.6 Å². The van der Waals surface area contributed by atoms with Crippen molar-refractivity contribution < 1.29 is 9.59 Å². The number of nitrogens with one attached hydrogen (secondary N) is 2. The molecule has 1 aliphatic rings. The molecule has 0 aromatic heterocycles. The number of benzene rings is 2. The first-order valence-electron chi connectivity index (χ1n) is 9.03. The van der Waals surface area contributed by atoms with Gasteiger partial charge in [0, 0.05) is 6.04 Å². The van der Waals surface area contributed by atoms with Crippen molar-refractivity contribution >= 4 is 23.4 Å². The number of halogens is 1. The molecule has 0 spiro atoms. The van der Waals surface area contributed by atoms with Gasteiger partial charge in [-0.1, -0.05) is 66.9 Å². The third kappa shape index (κ3) is 4.85. The van der Waals surface area contributed by atoms with Crippen molar-refractivity contribution in [3.63, 3.8) is 0 Å². The number of carbonyl (C=O) groups is 2. The summed E-state index contributed by atoms with van der Waals surface area (Å²) in [6, 6.07) is 16.3. The Balaban J connectivity index is 1.72. The first-order chi connectivity index (χ1) is 12.6. The predicted molar refractivity (Wildman–Crippen MR) is 103 cm³/mol. The minimum absolute atomic E-state index is 0.0368. The topological polar surface area (TPSA) is 58.2 Å². The van der Waals surface area contributed by atoms with E-state index in [0.29, 0.717) is 10.6 Å². The Bertz CT molecular complexity index is 758. The Morgan fingerprint density at radius 3 is 2.35 bits per heavy atom. The first kappa shape index (κ1) is 18.5. The van der Waals surface area contributed by atoms with Crippen LogP contribution < -0.4 is 10.6 Å². The van der Waals surface area contributed by atoms with Gasteiger partial charge in [0.05, 0.1) is 23.0 Å². The monoisotopic (exact) mass is 370 g/mol. The molecule has 3 rings (SSSR count). The maximum atomic E-state index is 12.6. The normalized spacial score (nSPS) is 15.4. The predicted octanol–water partition coefficient (Wildman–Crippen LogP) is 4.26. The highest BCUT2D eigenvalue weighted by Crippen LogP contribution is 2.22. The summed E-state index contributed by atoms with van der Waals surface area (Å²) in [6.45, 7) is 0. The van der Waals surface area contributed by atoms with Crippen LogP contribution in [0.3, 0.4) is 0 Å². The number of rotatable bonds is 6. The summed E-state index contributed by atoms with van der Waals surface area (Å²) in [7, 11) is 0. The van der Waals surface area contributed by atoms with E-state index in [4.69, 9.17) is 11.6 Å². The molecule has 1 aliphatic carbocycles. The van der Waals surface area contributed by atoms with Gasteiger partial charge in [0.2, 0.25) is 5.91 Å². The van der Waals surface area contributed by atoms with Crippen molar-refractivity contribution in [1.29, 1.82) is 0 Å². The highest BCUT2D eigenvalue weighted by Gasteiger charge is 2.23. The molecular formula is C21H23ClN2O2. The number of amides is 2. The van der Waals surface area contributed by atoms with Crippen LogP contribution in [0.1, 0.15) is 54.1 Å². The SMILES string of the molecule is O=C(C[C@@H](NC(=O)c1ccccc1Cl)c1ccccc1)NC1CCCC1. The molecule has 2 aromatic carbocycles. The van der Waals surface area contributed by atoms with Crippen LogP contribution in [0.4, 0.5) is 0 Å². The summed E-state index contributed by atoms with van der Waals surface area (Å²) in [6.07, 6.45) is 4.60. The lowest BCUT2D eigenvalue weighted by Gasteiger charge is -2.21. The summed E-state index contributed by atoms with van der Waals surface area (Å²) >= 11 is 6.13. The fourth-order valence-electron chi connectivity index (χ4n) is 3.36. The maximum absolute atomic E-state index is 12.6. The van der Waals surface area contributed by atoms with Crippen molar-refractivity contribution in [3.8, 4) is 0 Å². The van der Waals surface area contributed by atoms with E-state index in [-0.39, 0.29) is 24.3 Å². The summed E-state index contributed by atoms with van der Waals surface area (Å²) in [5.74, 6) is -0.316.